The molecule has 2 N–H and O–H groups in total. The molecular formula is C23H32N2O3S. The summed E-state index contributed by atoms with van der Waals surface area (Å²) in [6.07, 6.45) is 2.63. The summed E-state index contributed by atoms with van der Waals surface area (Å²) in [4.78, 5) is 12.7. The topological polar surface area (TPSA) is 75.3 Å². The van der Waals surface area contributed by atoms with E-state index in [0.717, 1.165) is 35.2 Å². The molecule has 0 fully saturated rings. The van der Waals surface area contributed by atoms with Gasteiger partial charge in [0, 0.05) is 18.7 Å². The summed E-state index contributed by atoms with van der Waals surface area (Å²) in [6.45, 7) is 8.48. The van der Waals surface area contributed by atoms with Crippen molar-refractivity contribution < 1.29 is 13.2 Å². The summed E-state index contributed by atoms with van der Waals surface area (Å²) in [6, 6.07) is 12.8. The molecule has 0 saturated heterocycles. The molecule has 2 rings (SSSR count). The molecule has 6 heteroatoms. The van der Waals surface area contributed by atoms with Crippen molar-refractivity contribution in [2.45, 2.75) is 58.3 Å². The highest BCUT2D eigenvalue weighted by atomic mass is 32.2. The highest BCUT2D eigenvalue weighted by molar-refractivity contribution is 7.89. The van der Waals surface area contributed by atoms with Gasteiger partial charge in [-0.25, -0.2) is 13.1 Å². The minimum atomic E-state index is -3.49. The van der Waals surface area contributed by atoms with Gasteiger partial charge in [-0.1, -0.05) is 58.0 Å². The molecule has 158 valence electrons. The number of carbonyl (C=O) groups is 1. The fourth-order valence-corrected chi connectivity index (χ4v) is 4.27. The summed E-state index contributed by atoms with van der Waals surface area (Å²) < 4.78 is 27.1. The Morgan fingerprint density at radius 2 is 1.55 bits per heavy atom. The average molecular weight is 417 g/mol. The standard InChI is InChI=1S/C23H32N2O3S/c1-5-19-8-7-9-20(6-2)23(19)25-22(26)15-12-18-10-13-21(14-11-18)29(27,28)24-16-17(3)4/h7-11,13-14,17,24H,5-6,12,15-16H2,1-4H3,(H,25,26). The van der Waals surface area contributed by atoms with Crippen molar-refractivity contribution in [2.24, 2.45) is 5.92 Å². The van der Waals surface area contributed by atoms with Crippen LogP contribution in [0.25, 0.3) is 0 Å². The van der Waals surface area contributed by atoms with Crippen LogP contribution >= 0.6 is 0 Å². The van der Waals surface area contributed by atoms with Gasteiger partial charge in [-0.3, -0.25) is 4.79 Å². The number of anilines is 1. The Labute approximate surface area is 175 Å². The van der Waals surface area contributed by atoms with Gasteiger partial charge >= 0.3 is 0 Å². The second-order valence-electron chi connectivity index (χ2n) is 7.60. The molecule has 5 nitrogen and oxygen atoms in total. The van der Waals surface area contributed by atoms with E-state index >= 15 is 0 Å². The van der Waals surface area contributed by atoms with E-state index in [0.29, 0.717) is 19.4 Å². The maximum Gasteiger partial charge on any atom is 0.240 e. The maximum atomic E-state index is 12.5. The number of benzene rings is 2. The van der Waals surface area contributed by atoms with Crippen molar-refractivity contribution in [3.63, 3.8) is 0 Å². The zero-order valence-electron chi connectivity index (χ0n) is 17.8. The number of hydrogen-bond donors (Lipinski definition) is 2. The van der Waals surface area contributed by atoms with Crippen molar-refractivity contribution in [1.29, 1.82) is 0 Å². The van der Waals surface area contributed by atoms with Gasteiger partial charge in [0.15, 0.2) is 0 Å². The average Bonchev–Trinajstić information content (AvgIpc) is 2.71. The van der Waals surface area contributed by atoms with Gasteiger partial charge in [0.1, 0.15) is 0 Å². The molecule has 0 unspecified atom stereocenters. The SMILES string of the molecule is CCc1cccc(CC)c1NC(=O)CCc1ccc(S(=O)(=O)NCC(C)C)cc1. The summed E-state index contributed by atoms with van der Waals surface area (Å²) in [5.74, 6) is 0.213. The van der Waals surface area contributed by atoms with E-state index in [-0.39, 0.29) is 16.7 Å². The third-order valence-electron chi connectivity index (χ3n) is 4.82. The van der Waals surface area contributed by atoms with Gasteiger partial charge in [0.25, 0.3) is 0 Å². The number of rotatable bonds is 10. The molecule has 0 radical (unpaired) electrons. The molecule has 0 heterocycles. The first-order chi connectivity index (χ1) is 13.8. The second-order valence-corrected chi connectivity index (χ2v) is 9.36. The van der Waals surface area contributed by atoms with Crippen LogP contribution in [0.5, 0.6) is 0 Å². The highest BCUT2D eigenvalue weighted by Gasteiger charge is 2.14. The molecule has 0 aromatic heterocycles. The maximum absolute atomic E-state index is 12.5. The Morgan fingerprint density at radius 3 is 2.07 bits per heavy atom. The third kappa shape index (κ3) is 6.68. The smallest absolute Gasteiger partial charge is 0.240 e. The largest absolute Gasteiger partial charge is 0.326 e. The van der Waals surface area contributed by atoms with Crippen LogP contribution in [0.15, 0.2) is 47.4 Å². The molecule has 29 heavy (non-hydrogen) atoms. The van der Waals surface area contributed by atoms with Crippen molar-refractivity contribution in [3.8, 4) is 0 Å². The Morgan fingerprint density at radius 1 is 0.966 bits per heavy atom. The first-order valence-electron chi connectivity index (χ1n) is 10.3. The summed E-state index contributed by atoms with van der Waals surface area (Å²) >= 11 is 0. The minimum absolute atomic E-state index is 0.0316. The summed E-state index contributed by atoms with van der Waals surface area (Å²) in [5, 5.41) is 3.07. The predicted molar refractivity (Wildman–Crippen MR) is 119 cm³/mol. The number of sulfonamides is 1. The van der Waals surface area contributed by atoms with E-state index in [2.05, 4.69) is 23.9 Å². The first-order valence-corrected chi connectivity index (χ1v) is 11.7. The zero-order valence-corrected chi connectivity index (χ0v) is 18.6. The molecule has 2 aromatic carbocycles. The van der Waals surface area contributed by atoms with E-state index in [9.17, 15) is 13.2 Å². The quantitative estimate of drug-likeness (QED) is 0.606. The second kappa shape index (κ2) is 10.6. The molecule has 0 aliphatic rings. The van der Waals surface area contributed by atoms with E-state index in [4.69, 9.17) is 0 Å². The number of para-hydroxylation sites is 1. The molecule has 0 spiro atoms. The summed E-state index contributed by atoms with van der Waals surface area (Å²) in [7, 11) is -3.49. The zero-order chi connectivity index (χ0) is 21.4. The lowest BCUT2D eigenvalue weighted by molar-refractivity contribution is -0.116. The van der Waals surface area contributed by atoms with Gasteiger partial charge in [-0.15, -0.1) is 0 Å². The third-order valence-corrected chi connectivity index (χ3v) is 6.26. The monoisotopic (exact) mass is 416 g/mol. The van der Waals surface area contributed by atoms with E-state index in [1.807, 2.05) is 32.0 Å². The Bertz CT molecular complexity index is 897. The number of carbonyl (C=O) groups excluding carboxylic acids is 1. The van der Waals surface area contributed by atoms with E-state index in [1.165, 1.54) is 0 Å². The molecule has 0 aliphatic carbocycles. The molecule has 0 atom stereocenters. The highest BCUT2D eigenvalue weighted by Crippen LogP contribution is 2.23. The lowest BCUT2D eigenvalue weighted by Gasteiger charge is -2.14. The fourth-order valence-electron chi connectivity index (χ4n) is 3.06. The fraction of sp³-hybridized carbons (Fsp3) is 0.435. The van der Waals surface area contributed by atoms with Gasteiger partial charge in [-0.2, -0.15) is 0 Å². The van der Waals surface area contributed by atoms with Crippen LogP contribution in [0, 0.1) is 5.92 Å². The van der Waals surface area contributed by atoms with Crippen LogP contribution < -0.4 is 10.0 Å². The molecule has 0 saturated carbocycles. The first kappa shape index (κ1) is 23.1. The van der Waals surface area contributed by atoms with E-state index in [1.54, 1.807) is 24.3 Å². The Balaban J connectivity index is 1.98. The Kier molecular flexibility index (Phi) is 8.41. The van der Waals surface area contributed by atoms with Crippen molar-refractivity contribution in [2.75, 3.05) is 11.9 Å². The Hall–Kier alpha value is -2.18. The predicted octanol–water partition coefficient (Wildman–Crippen LogP) is 4.32. The van der Waals surface area contributed by atoms with Crippen LogP contribution in [-0.2, 0) is 34.1 Å². The van der Waals surface area contributed by atoms with Crippen LogP contribution in [0.3, 0.4) is 0 Å². The van der Waals surface area contributed by atoms with Crippen LogP contribution in [-0.4, -0.2) is 20.9 Å². The number of hydrogen-bond acceptors (Lipinski definition) is 3. The number of aryl methyl sites for hydroxylation is 3. The van der Waals surface area contributed by atoms with Gasteiger partial charge in [0.2, 0.25) is 15.9 Å². The normalized spacial score (nSPS) is 11.6. The van der Waals surface area contributed by atoms with Crippen LogP contribution in [0.4, 0.5) is 5.69 Å². The van der Waals surface area contributed by atoms with Crippen molar-refractivity contribution in [3.05, 3.63) is 59.2 Å². The summed E-state index contributed by atoms with van der Waals surface area (Å²) in [5.41, 5.74) is 4.14. The molecule has 1 amide bonds. The van der Waals surface area contributed by atoms with Crippen molar-refractivity contribution >= 4 is 21.6 Å². The van der Waals surface area contributed by atoms with E-state index < -0.39 is 10.0 Å². The number of nitrogens with one attached hydrogen (secondary N) is 2. The molecule has 0 aliphatic heterocycles. The molecule has 0 bridgehead atoms. The lowest BCUT2D eigenvalue weighted by Crippen LogP contribution is -2.27. The van der Waals surface area contributed by atoms with Gasteiger partial charge in [0.05, 0.1) is 4.90 Å². The van der Waals surface area contributed by atoms with Gasteiger partial charge < -0.3 is 5.32 Å². The molecular weight excluding hydrogens is 384 g/mol. The minimum Gasteiger partial charge on any atom is -0.326 e. The van der Waals surface area contributed by atoms with Crippen LogP contribution in [0.1, 0.15) is 50.8 Å². The lowest BCUT2D eigenvalue weighted by atomic mass is 10.0. The van der Waals surface area contributed by atoms with Crippen molar-refractivity contribution in [1.82, 2.24) is 4.72 Å². The van der Waals surface area contributed by atoms with Crippen LogP contribution in [0.2, 0.25) is 0 Å². The molecule has 2 aromatic rings. The number of amides is 1. The van der Waals surface area contributed by atoms with Gasteiger partial charge in [-0.05, 0) is 54.0 Å².